The van der Waals surface area contributed by atoms with Crippen LogP contribution in [0.1, 0.15) is 11.1 Å². The highest BCUT2D eigenvalue weighted by Gasteiger charge is 2.16. The minimum absolute atomic E-state index is 0.655. The first kappa shape index (κ1) is 14.8. The van der Waals surface area contributed by atoms with E-state index in [-0.39, 0.29) is 0 Å². The Bertz CT molecular complexity index is 820. The zero-order valence-electron chi connectivity index (χ0n) is 13.4. The minimum atomic E-state index is 0.655. The van der Waals surface area contributed by atoms with Gasteiger partial charge in [0.15, 0.2) is 0 Å². The molecule has 4 rings (SSSR count). The maximum absolute atomic E-state index is 5.72. The molecule has 1 aliphatic heterocycles. The number of aromatic nitrogens is 2. The highest BCUT2D eigenvalue weighted by atomic mass is 16.5. The van der Waals surface area contributed by atoms with Gasteiger partial charge in [0.25, 0.3) is 0 Å². The van der Waals surface area contributed by atoms with Gasteiger partial charge in [0.1, 0.15) is 12.9 Å². The predicted octanol–water partition coefficient (Wildman–Crippen LogP) is 3.54. The van der Waals surface area contributed by atoms with E-state index in [4.69, 9.17) is 4.74 Å². The van der Waals surface area contributed by atoms with Gasteiger partial charge in [-0.2, -0.15) is 0 Å². The Labute approximate surface area is 141 Å². The van der Waals surface area contributed by atoms with Crippen molar-refractivity contribution in [3.05, 3.63) is 78.2 Å². The van der Waals surface area contributed by atoms with E-state index in [9.17, 15) is 0 Å². The van der Waals surface area contributed by atoms with Crippen LogP contribution in [-0.4, -0.2) is 28.0 Å². The number of hydrogen-bond donors (Lipinski definition) is 0. The van der Waals surface area contributed by atoms with Crippen LogP contribution >= 0.6 is 0 Å². The number of benzene rings is 2. The van der Waals surface area contributed by atoms with Gasteiger partial charge in [-0.25, -0.2) is 9.97 Å². The molecule has 0 N–H and O–H groups in total. The molecule has 120 valence electrons. The van der Waals surface area contributed by atoms with Gasteiger partial charge in [-0.15, -0.1) is 0 Å². The van der Waals surface area contributed by atoms with Crippen molar-refractivity contribution in [1.29, 1.82) is 0 Å². The van der Waals surface area contributed by atoms with E-state index < -0.39 is 0 Å². The second kappa shape index (κ2) is 6.81. The van der Waals surface area contributed by atoms with Gasteiger partial charge < -0.3 is 4.74 Å². The number of nitrogens with zero attached hydrogens (tertiary/aromatic N) is 3. The summed E-state index contributed by atoms with van der Waals surface area (Å²) < 4.78 is 5.72. The molecule has 2 heterocycles. The molecule has 1 aliphatic rings. The van der Waals surface area contributed by atoms with Crippen LogP contribution in [0.4, 0.5) is 0 Å². The molecule has 0 radical (unpaired) electrons. The SMILES string of the molecule is c1ccc(-c2cccc(CN3CCOc4ncncc4C3)c2)cc1. The lowest BCUT2D eigenvalue weighted by Gasteiger charge is -2.19. The van der Waals surface area contributed by atoms with Crippen LogP contribution in [0.5, 0.6) is 5.88 Å². The molecule has 24 heavy (non-hydrogen) atoms. The molecule has 4 heteroatoms. The van der Waals surface area contributed by atoms with E-state index in [0.717, 1.165) is 25.2 Å². The fourth-order valence-electron chi connectivity index (χ4n) is 3.05. The fraction of sp³-hybridized carbons (Fsp3) is 0.200. The third-order valence-corrected chi connectivity index (χ3v) is 4.23. The van der Waals surface area contributed by atoms with Gasteiger partial charge in [-0.1, -0.05) is 48.5 Å². The van der Waals surface area contributed by atoms with Crippen molar-refractivity contribution >= 4 is 0 Å². The fourth-order valence-corrected chi connectivity index (χ4v) is 3.05. The van der Waals surface area contributed by atoms with Crippen LogP contribution < -0.4 is 4.74 Å². The Balaban J connectivity index is 1.53. The van der Waals surface area contributed by atoms with Gasteiger partial charge in [-0.05, 0) is 22.8 Å². The maximum Gasteiger partial charge on any atom is 0.220 e. The van der Waals surface area contributed by atoms with Crippen LogP contribution in [0.25, 0.3) is 11.1 Å². The zero-order chi connectivity index (χ0) is 16.2. The standard InChI is InChI=1S/C20H19N3O/c1-2-6-17(7-3-1)18-8-4-5-16(11-18)13-23-9-10-24-20-19(14-23)12-21-15-22-20/h1-8,11-12,15H,9-10,13-14H2. The van der Waals surface area contributed by atoms with Crippen LogP contribution in [-0.2, 0) is 13.1 Å². The largest absolute Gasteiger partial charge is 0.476 e. The minimum Gasteiger partial charge on any atom is -0.476 e. The van der Waals surface area contributed by atoms with E-state index in [1.807, 2.05) is 12.3 Å². The zero-order valence-corrected chi connectivity index (χ0v) is 13.4. The van der Waals surface area contributed by atoms with Crippen molar-refractivity contribution in [2.75, 3.05) is 13.2 Å². The van der Waals surface area contributed by atoms with Gasteiger partial charge in [0.2, 0.25) is 5.88 Å². The van der Waals surface area contributed by atoms with Crippen molar-refractivity contribution < 1.29 is 4.74 Å². The van der Waals surface area contributed by atoms with Gasteiger partial charge >= 0.3 is 0 Å². The van der Waals surface area contributed by atoms with Crippen molar-refractivity contribution in [2.45, 2.75) is 13.1 Å². The Kier molecular flexibility index (Phi) is 4.21. The highest BCUT2D eigenvalue weighted by Crippen LogP contribution is 2.23. The van der Waals surface area contributed by atoms with Crippen LogP contribution in [0.2, 0.25) is 0 Å². The summed E-state index contributed by atoms with van der Waals surface area (Å²) in [5.74, 6) is 0.713. The van der Waals surface area contributed by atoms with Gasteiger partial charge in [0.05, 0.1) is 0 Å². The molecule has 0 saturated heterocycles. The lowest BCUT2D eigenvalue weighted by Crippen LogP contribution is -2.25. The molecule has 0 amide bonds. The molecule has 0 aliphatic carbocycles. The van der Waals surface area contributed by atoms with Crippen molar-refractivity contribution in [3.8, 4) is 17.0 Å². The molecule has 0 atom stereocenters. The molecule has 0 fully saturated rings. The summed E-state index contributed by atoms with van der Waals surface area (Å²) in [4.78, 5) is 10.7. The monoisotopic (exact) mass is 317 g/mol. The molecule has 1 aromatic heterocycles. The topological polar surface area (TPSA) is 38.2 Å². The number of fused-ring (bicyclic) bond motifs is 1. The average Bonchev–Trinajstić information content (AvgIpc) is 2.84. The van der Waals surface area contributed by atoms with E-state index in [1.165, 1.54) is 23.0 Å². The first-order valence-corrected chi connectivity index (χ1v) is 8.17. The quantitative estimate of drug-likeness (QED) is 0.740. The summed E-state index contributed by atoms with van der Waals surface area (Å²) in [6.07, 6.45) is 3.39. The van der Waals surface area contributed by atoms with E-state index in [2.05, 4.69) is 63.4 Å². The third-order valence-electron chi connectivity index (χ3n) is 4.23. The van der Waals surface area contributed by atoms with Crippen LogP contribution in [0, 0.1) is 0 Å². The Morgan fingerprint density at radius 1 is 1.00 bits per heavy atom. The Morgan fingerprint density at radius 2 is 1.88 bits per heavy atom. The summed E-state index contributed by atoms with van der Waals surface area (Å²) in [7, 11) is 0. The molecule has 2 aromatic carbocycles. The molecular formula is C20H19N3O. The van der Waals surface area contributed by atoms with Crippen LogP contribution in [0.15, 0.2) is 67.1 Å². The molecule has 0 spiro atoms. The number of ether oxygens (including phenoxy) is 1. The lowest BCUT2D eigenvalue weighted by atomic mass is 10.0. The summed E-state index contributed by atoms with van der Waals surface area (Å²) in [5, 5.41) is 0. The summed E-state index contributed by atoms with van der Waals surface area (Å²) in [5.41, 5.74) is 4.85. The third kappa shape index (κ3) is 3.29. The molecule has 3 aromatic rings. The van der Waals surface area contributed by atoms with Crippen molar-refractivity contribution in [1.82, 2.24) is 14.9 Å². The number of rotatable bonds is 3. The lowest BCUT2D eigenvalue weighted by molar-refractivity contribution is 0.217. The highest BCUT2D eigenvalue weighted by molar-refractivity contribution is 5.63. The van der Waals surface area contributed by atoms with Gasteiger partial charge in [-0.3, -0.25) is 4.90 Å². The summed E-state index contributed by atoms with van der Waals surface area (Å²) in [6.45, 7) is 3.23. The second-order valence-electron chi connectivity index (χ2n) is 5.98. The second-order valence-corrected chi connectivity index (χ2v) is 5.98. The van der Waals surface area contributed by atoms with Crippen molar-refractivity contribution in [2.24, 2.45) is 0 Å². The average molecular weight is 317 g/mol. The Morgan fingerprint density at radius 3 is 2.79 bits per heavy atom. The summed E-state index contributed by atoms with van der Waals surface area (Å²) in [6, 6.07) is 19.2. The van der Waals surface area contributed by atoms with E-state index >= 15 is 0 Å². The van der Waals surface area contributed by atoms with Gasteiger partial charge in [0, 0.05) is 31.4 Å². The normalized spacial score (nSPS) is 14.5. The first-order valence-electron chi connectivity index (χ1n) is 8.17. The molecule has 4 nitrogen and oxygen atoms in total. The van der Waals surface area contributed by atoms with E-state index in [0.29, 0.717) is 12.5 Å². The predicted molar refractivity (Wildman–Crippen MR) is 93.5 cm³/mol. The van der Waals surface area contributed by atoms with Crippen molar-refractivity contribution in [3.63, 3.8) is 0 Å². The summed E-state index contributed by atoms with van der Waals surface area (Å²) >= 11 is 0. The smallest absolute Gasteiger partial charge is 0.220 e. The molecule has 0 saturated carbocycles. The van der Waals surface area contributed by atoms with Crippen LogP contribution in [0.3, 0.4) is 0 Å². The first-order chi connectivity index (χ1) is 11.9. The Hall–Kier alpha value is -2.72. The molecular weight excluding hydrogens is 298 g/mol. The van der Waals surface area contributed by atoms with E-state index in [1.54, 1.807) is 0 Å². The maximum atomic E-state index is 5.72. The molecule has 0 unspecified atom stereocenters. The number of hydrogen-bond acceptors (Lipinski definition) is 4. The molecule has 0 bridgehead atoms.